The molecular formula is C45H28N4S. The quantitative estimate of drug-likeness (QED) is 0.185. The first kappa shape index (κ1) is 28.6. The van der Waals surface area contributed by atoms with Crippen LogP contribution in [0.25, 0.3) is 93.0 Å². The fraction of sp³-hybridized carbons (Fsp3) is 0. The lowest BCUT2D eigenvalue weighted by atomic mass is 10.0. The monoisotopic (exact) mass is 656 g/mol. The summed E-state index contributed by atoms with van der Waals surface area (Å²) < 4.78 is 4.99. The van der Waals surface area contributed by atoms with Gasteiger partial charge in [0.15, 0.2) is 17.5 Å². The van der Waals surface area contributed by atoms with Crippen molar-refractivity contribution in [3.63, 3.8) is 0 Å². The maximum Gasteiger partial charge on any atom is 0.164 e. The minimum Gasteiger partial charge on any atom is -0.309 e. The summed E-state index contributed by atoms with van der Waals surface area (Å²) in [5.74, 6) is 1.95. The van der Waals surface area contributed by atoms with Gasteiger partial charge in [-0.15, -0.1) is 11.3 Å². The number of rotatable bonds is 5. The number of fused-ring (bicyclic) bond motifs is 6. The van der Waals surface area contributed by atoms with Gasteiger partial charge in [0.05, 0.1) is 11.0 Å². The molecule has 50 heavy (non-hydrogen) atoms. The van der Waals surface area contributed by atoms with Gasteiger partial charge in [0, 0.05) is 53.3 Å². The molecule has 0 N–H and O–H groups in total. The minimum absolute atomic E-state index is 0.642. The molecular weight excluding hydrogens is 629 g/mol. The largest absolute Gasteiger partial charge is 0.309 e. The standard InChI is InChI=1S/C45H28N4S/c1-3-11-30(12-4-1)43-46-44(31-13-5-2-6-14-31)48-45(47-43)33-22-25-36-35-15-7-9-17-39(35)49(40(36)27-33)34-23-19-29(20-24-34)32-21-26-38-37-16-8-10-18-41(37)50-42(38)28-32/h1-28H. The summed E-state index contributed by atoms with van der Waals surface area (Å²) in [5.41, 5.74) is 8.62. The first-order valence-electron chi connectivity index (χ1n) is 16.7. The molecule has 10 rings (SSSR count). The third kappa shape index (κ3) is 4.79. The normalized spacial score (nSPS) is 11.6. The molecule has 0 saturated carbocycles. The van der Waals surface area contributed by atoms with Crippen LogP contribution in [0.1, 0.15) is 0 Å². The van der Waals surface area contributed by atoms with Crippen molar-refractivity contribution in [2.24, 2.45) is 0 Å². The Bertz CT molecular complexity index is 2800. The summed E-state index contributed by atoms with van der Waals surface area (Å²) in [4.78, 5) is 14.9. The van der Waals surface area contributed by atoms with Gasteiger partial charge in [0.25, 0.3) is 0 Å². The van der Waals surface area contributed by atoms with Crippen molar-refractivity contribution < 1.29 is 0 Å². The Morgan fingerprint density at radius 2 is 0.860 bits per heavy atom. The maximum atomic E-state index is 5.01. The number of nitrogens with zero attached hydrogens (tertiary/aromatic N) is 4. The van der Waals surface area contributed by atoms with E-state index in [1.54, 1.807) is 0 Å². The molecule has 0 spiro atoms. The van der Waals surface area contributed by atoms with Crippen LogP contribution in [-0.2, 0) is 0 Å². The summed E-state index contributed by atoms with van der Waals surface area (Å²) in [6.45, 7) is 0. The van der Waals surface area contributed by atoms with Crippen LogP contribution in [0, 0.1) is 0 Å². The molecule has 7 aromatic carbocycles. The van der Waals surface area contributed by atoms with E-state index in [0.717, 1.165) is 33.4 Å². The van der Waals surface area contributed by atoms with E-state index in [1.807, 2.05) is 72.0 Å². The zero-order valence-electron chi connectivity index (χ0n) is 26.9. The van der Waals surface area contributed by atoms with E-state index in [4.69, 9.17) is 15.0 Å². The Balaban J connectivity index is 1.11. The van der Waals surface area contributed by atoms with Crippen LogP contribution in [0.15, 0.2) is 170 Å². The van der Waals surface area contributed by atoms with E-state index in [0.29, 0.717) is 17.5 Å². The zero-order valence-corrected chi connectivity index (χ0v) is 27.7. The van der Waals surface area contributed by atoms with E-state index in [9.17, 15) is 0 Å². The Labute approximate surface area is 292 Å². The fourth-order valence-corrected chi connectivity index (χ4v) is 8.18. The second-order valence-corrected chi connectivity index (χ2v) is 13.6. The molecule has 0 amide bonds. The second kappa shape index (κ2) is 11.6. The molecule has 0 bridgehead atoms. The van der Waals surface area contributed by atoms with Gasteiger partial charge in [-0.1, -0.05) is 133 Å². The van der Waals surface area contributed by atoms with Crippen LogP contribution < -0.4 is 0 Å². The highest BCUT2D eigenvalue weighted by Crippen LogP contribution is 2.38. The van der Waals surface area contributed by atoms with Crippen LogP contribution in [0.3, 0.4) is 0 Å². The molecule has 234 valence electrons. The predicted molar refractivity (Wildman–Crippen MR) is 209 cm³/mol. The van der Waals surface area contributed by atoms with Gasteiger partial charge >= 0.3 is 0 Å². The van der Waals surface area contributed by atoms with E-state index in [1.165, 1.54) is 42.1 Å². The van der Waals surface area contributed by atoms with E-state index in [2.05, 4.69) is 114 Å². The zero-order chi connectivity index (χ0) is 33.0. The molecule has 3 aromatic heterocycles. The first-order valence-corrected chi connectivity index (χ1v) is 17.5. The highest BCUT2D eigenvalue weighted by molar-refractivity contribution is 7.25. The van der Waals surface area contributed by atoms with Crippen molar-refractivity contribution >= 4 is 53.3 Å². The van der Waals surface area contributed by atoms with Crippen LogP contribution in [0.4, 0.5) is 0 Å². The first-order chi connectivity index (χ1) is 24.8. The molecule has 0 saturated heterocycles. The molecule has 0 fully saturated rings. The summed E-state index contributed by atoms with van der Waals surface area (Å²) in [6, 6.07) is 59.8. The predicted octanol–water partition coefficient (Wildman–Crippen LogP) is 12.0. The summed E-state index contributed by atoms with van der Waals surface area (Å²) in [6.07, 6.45) is 0. The SMILES string of the molecule is c1ccc(-c2nc(-c3ccccc3)nc(-c3ccc4c5ccccc5n(-c5ccc(-c6ccc7c(c6)sc6ccccc67)cc5)c4c3)n2)cc1. The molecule has 4 nitrogen and oxygen atoms in total. The number of hydrogen-bond acceptors (Lipinski definition) is 4. The molecule has 10 aromatic rings. The number of aromatic nitrogens is 4. The molecule has 0 unspecified atom stereocenters. The van der Waals surface area contributed by atoms with Crippen molar-refractivity contribution in [3.05, 3.63) is 170 Å². The molecule has 0 radical (unpaired) electrons. The molecule has 0 aliphatic rings. The smallest absolute Gasteiger partial charge is 0.164 e. The number of hydrogen-bond donors (Lipinski definition) is 0. The summed E-state index contributed by atoms with van der Waals surface area (Å²) in [5, 5.41) is 5.03. The highest BCUT2D eigenvalue weighted by atomic mass is 32.1. The van der Waals surface area contributed by atoms with Gasteiger partial charge in [-0.25, -0.2) is 15.0 Å². The van der Waals surface area contributed by atoms with E-state index in [-0.39, 0.29) is 0 Å². The Morgan fingerprint density at radius 1 is 0.340 bits per heavy atom. The number of para-hydroxylation sites is 1. The molecule has 0 aliphatic carbocycles. The lowest BCUT2D eigenvalue weighted by Gasteiger charge is -2.11. The maximum absolute atomic E-state index is 5.01. The average Bonchev–Trinajstić information content (AvgIpc) is 3.73. The van der Waals surface area contributed by atoms with Crippen molar-refractivity contribution in [2.75, 3.05) is 0 Å². The molecule has 3 heterocycles. The van der Waals surface area contributed by atoms with Gasteiger partial charge in [-0.05, 0) is 47.5 Å². The highest BCUT2D eigenvalue weighted by Gasteiger charge is 2.17. The lowest BCUT2D eigenvalue weighted by molar-refractivity contribution is 1.07. The average molecular weight is 657 g/mol. The Kier molecular flexibility index (Phi) is 6.64. The third-order valence-corrected chi connectivity index (χ3v) is 10.6. The number of benzene rings is 7. The third-order valence-electron chi connectivity index (χ3n) is 9.47. The van der Waals surface area contributed by atoms with Gasteiger partial charge in [0.2, 0.25) is 0 Å². The van der Waals surface area contributed by atoms with Crippen molar-refractivity contribution in [2.45, 2.75) is 0 Å². The second-order valence-electron chi connectivity index (χ2n) is 12.5. The van der Waals surface area contributed by atoms with Crippen LogP contribution in [0.2, 0.25) is 0 Å². The summed E-state index contributed by atoms with van der Waals surface area (Å²) >= 11 is 1.85. The van der Waals surface area contributed by atoms with E-state index < -0.39 is 0 Å². The van der Waals surface area contributed by atoms with Gasteiger partial charge in [-0.3, -0.25) is 0 Å². The molecule has 0 aliphatic heterocycles. The lowest BCUT2D eigenvalue weighted by Crippen LogP contribution is -2.00. The Morgan fingerprint density at radius 3 is 1.58 bits per heavy atom. The van der Waals surface area contributed by atoms with Gasteiger partial charge in [0.1, 0.15) is 0 Å². The van der Waals surface area contributed by atoms with Crippen molar-refractivity contribution in [1.29, 1.82) is 0 Å². The van der Waals surface area contributed by atoms with Crippen molar-refractivity contribution in [3.8, 4) is 51.0 Å². The minimum atomic E-state index is 0.642. The molecule has 5 heteroatoms. The fourth-order valence-electron chi connectivity index (χ4n) is 7.03. The van der Waals surface area contributed by atoms with Gasteiger partial charge < -0.3 is 4.57 Å². The van der Waals surface area contributed by atoms with E-state index >= 15 is 0 Å². The topological polar surface area (TPSA) is 43.6 Å². The van der Waals surface area contributed by atoms with Crippen LogP contribution >= 0.6 is 11.3 Å². The Hall–Kier alpha value is -6.43. The van der Waals surface area contributed by atoms with Crippen molar-refractivity contribution in [1.82, 2.24) is 19.5 Å². The molecule has 0 atom stereocenters. The van der Waals surface area contributed by atoms with Gasteiger partial charge in [-0.2, -0.15) is 0 Å². The van der Waals surface area contributed by atoms with Crippen LogP contribution in [0.5, 0.6) is 0 Å². The summed E-state index contributed by atoms with van der Waals surface area (Å²) in [7, 11) is 0. The van der Waals surface area contributed by atoms with Crippen LogP contribution in [-0.4, -0.2) is 19.5 Å². The number of thiophene rings is 1.